The molecule has 1 aromatic carbocycles. The van der Waals surface area contributed by atoms with E-state index in [1.165, 1.54) is 0 Å². The second-order valence-corrected chi connectivity index (χ2v) is 3.46. The Labute approximate surface area is 96.1 Å². The van der Waals surface area contributed by atoms with Gasteiger partial charge in [0.25, 0.3) is 0 Å². The van der Waals surface area contributed by atoms with Crippen molar-refractivity contribution < 1.29 is 9.47 Å². The Morgan fingerprint density at radius 2 is 1.94 bits per heavy atom. The van der Waals surface area contributed by atoms with Crippen LogP contribution in [0.5, 0.6) is 11.5 Å². The van der Waals surface area contributed by atoms with Crippen LogP contribution in [0.15, 0.2) is 23.2 Å². The number of amidine groups is 1. The van der Waals surface area contributed by atoms with Crippen molar-refractivity contribution in [1.29, 1.82) is 0 Å². The van der Waals surface area contributed by atoms with Gasteiger partial charge < -0.3 is 15.2 Å². The van der Waals surface area contributed by atoms with Crippen LogP contribution in [-0.2, 0) is 6.42 Å². The molecule has 0 spiro atoms. The molecule has 0 atom stereocenters. The standard InChI is InChI=1S/C12H18N2O2/c1-9(13)14-7-6-10-4-5-11(15-2)12(8-10)16-3/h4-5,8H,6-7H2,1-3H3,(H2,13,14). The first kappa shape index (κ1) is 12.4. The number of benzene rings is 1. The van der Waals surface area contributed by atoms with Crippen LogP contribution < -0.4 is 15.2 Å². The molecule has 0 saturated carbocycles. The number of rotatable bonds is 5. The summed E-state index contributed by atoms with van der Waals surface area (Å²) in [5.74, 6) is 2.10. The fraction of sp³-hybridized carbons (Fsp3) is 0.417. The SMILES string of the molecule is COc1ccc(CCN=C(C)N)cc1OC. The first-order chi connectivity index (χ1) is 7.67. The Morgan fingerprint density at radius 3 is 2.50 bits per heavy atom. The lowest BCUT2D eigenvalue weighted by atomic mass is 10.1. The molecule has 0 radical (unpaired) electrons. The summed E-state index contributed by atoms with van der Waals surface area (Å²) in [4.78, 5) is 4.14. The van der Waals surface area contributed by atoms with Gasteiger partial charge in [0.1, 0.15) is 0 Å². The van der Waals surface area contributed by atoms with E-state index in [1.54, 1.807) is 21.1 Å². The highest BCUT2D eigenvalue weighted by molar-refractivity contribution is 5.77. The lowest BCUT2D eigenvalue weighted by Gasteiger charge is -2.08. The molecule has 2 N–H and O–H groups in total. The average molecular weight is 222 g/mol. The monoisotopic (exact) mass is 222 g/mol. The highest BCUT2D eigenvalue weighted by Crippen LogP contribution is 2.27. The maximum atomic E-state index is 5.46. The number of hydrogen-bond acceptors (Lipinski definition) is 3. The van der Waals surface area contributed by atoms with Gasteiger partial charge in [0, 0.05) is 6.54 Å². The second-order valence-electron chi connectivity index (χ2n) is 3.46. The van der Waals surface area contributed by atoms with Gasteiger partial charge >= 0.3 is 0 Å². The summed E-state index contributed by atoms with van der Waals surface area (Å²) in [7, 11) is 3.25. The van der Waals surface area contributed by atoms with E-state index in [4.69, 9.17) is 15.2 Å². The molecular formula is C12H18N2O2. The fourth-order valence-electron chi connectivity index (χ4n) is 1.40. The van der Waals surface area contributed by atoms with Gasteiger partial charge in [-0.05, 0) is 31.0 Å². The minimum absolute atomic E-state index is 0.612. The molecule has 1 rings (SSSR count). The topological polar surface area (TPSA) is 56.8 Å². The molecule has 0 aliphatic carbocycles. The second kappa shape index (κ2) is 6.00. The number of nitrogens with two attached hydrogens (primary N) is 1. The Bertz CT molecular complexity index is 371. The summed E-state index contributed by atoms with van der Waals surface area (Å²) in [5, 5.41) is 0. The fourth-order valence-corrected chi connectivity index (χ4v) is 1.40. The van der Waals surface area contributed by atoms with E-state index >= 15 is 0 Å². The van der Waals surface area contributed by atoms with Crippen LogP contribution >= 0.6 is 0 Å². The highest BCUT2D eigenvalue weighted by Gasteiger charge is 2.03. The summed E-state index contributed by atoms with van der Waals surface area (Å²) < 4.78 is 10.4. The van der Waals surface area contributed by atoms with E-state index in [9.17, 15) is 0 Å². The predicted octanol–water partition coefficient (Wildman–Crippen LogP) is 1.62. The van der Waals surface area contributed by atoms with Crippen LogP contribution in [0.2, 0.25) is 0 Å². The van der Waals surface area contributed by atoms with E-state index in [2.05, 4.69) is 4.99 Å². The van der Waals surface area contributed by atoms with Gasteiger partial charge in [0.05, 0.1) is 20.1 Å². The molecule has 0 bridgehead atoms. The summed E-state index contributed by atoms with van der Waals surface area (Å²) in [6, 6.07) is 5.86. The first-order valence-corrected chi connectivity index (χ1v) is 5.14. The third-order valence-corrected chi connectivity index (χ3v) is 2.21. The minimum Gasteiger partial charge on any atom is -0.493 e. The lowest BCUT2D eigenvalue weighted by Crippen LogP contribution is -2.06. The van der Waals surface area contributed by atoms with Gasteiger partial charge in [-0.1, -0.05) is 6.07 Å². The molecule has 4 heteroatoms. The Balaban J connectivity index is 2.71. The molecular weight excluding hydrogens is 204 g/mol. The molecule has 0 amide bonds. The van der Waals surface area contributed by atoms with Gasteiger partial charge in [0.2, 0.25) is 0 Å². The summed E-state index contributed by atoms with van der Waals surface area (Å²) in [6.45, 7) is 2.48. The van der Waals surface area contributed by atoms with Crippen molar-refractivity contribution in [3.63, 3.8) is 0 Å². The summed E-state index contributed by atoms with van der Waals surface area (Å²) in [6.07, 6.45) is 0.842. The van der Waals surface area contributed by atoms with Crippen molar-refractivity contribution >= 4 is 5.84 Å². The van der Waals surface area contributed by atoms with Crippen molar-refractivity contribution in [1.82, 2.24) is 0 Å². The van der Waals surface area contributed by atoms with E-state index in [1.807, 2.05) is 18.2 Å². The molecule has 0 aromatic heterocycles. The van der Waals surface area contributed by atoms with Crippen molar-refractivity contribution in [2.75, 3.05) is 20.8 Å². The van der Waals surface area contributed by atoms with Gasteiger partial charge in [0.15, 0.2) is 11.5 Å². The number of hydrogen-bond donors (Lipinski definition) is 1. The first-order valence-electron chi connectivity index (χ1n) is 5.14. The van der Waals surface area contributed by atoms with Gasteiger partial charge in [-0.25, -0.2) is 0 Å². The molecule has 88 valence electrons. The van der Waals surface area contributed by atoms with Crippen molar-refractivity contribution in [3.8, 4) is 11.5 Å². The van der Waals surface area contributed by atoms with Crippen molar-refractivity contribution in [2.45, 2.75) is 13.3 Å². The zero-order valence-corrected chi connectivity index (χ0v) is 9.99. The van der Waals surface area contributed by atoms with Gasteiger partial charge in [-0.3, -0.25) is 4.99 Å². The Kier molecular flexibility index (Phi) is 4.64. The Hall–Kier alpha value is -1.71. The van der Waals surface area contributed by atoms with Crippen LogP contribution in [0.1, 0.15) is 12.5 Å². The molecule has 16 heavy (non-hydrogen) atoms. The minimum atomic E-state index is 0.612. The van der Waals surface area contributed by atoms with Crippen molar-refractivity contribution in [2.24, 2.45) is 10.7 Å². The molecule has 0 saturated heterocycles. The molecule has 0 fully saturated rings. The summed E-state index contributed by atoms with van der Waals surface area (Å²) >= 11 is 0. The van der Waals surface area contributed by atoms with E-state index < -0.39 is 0 Å². The van der Waals surface area contributed by atoms with E-state index in [0.29, 0.717) is 12.4 Å². The van der Waals surface area contributed by atoms with Crippen LogP contribution in [0.25, 0.3) is 0 Å². The average Bonchev–Trinajstić information content (AvgIpc) is 2.28. The normalized spacial score (nSPS) is 11.3. The molecule has 0 heterocycles. The van der Waals surface area contributed by atoms with Crippen LogP contribution in [-0.4, -0.2) is 26.6 Å². The van der Waals surface area contributed by atoms with E-state index in [0.717, 1.165) is 23.5 Å². The molecule has 0 unspecified atom stereocenters. The molecule has 4 nitrogen and oxygen atoms in total. The van der Waals surface area contributed by atoms with Crippen molar-refractivity contribution in [3.05, 3.63) is 23.8 Å². The van der Waals surface area contributed by atoms with Gasteiger partial charge in [-0.15, -0.1) is 0 Å². The molecule has 1 aromatic rings. The lowest BCUT2D eigenvalue weighted by molar-refractivity contribution is 0.354. The largest absolute Gasteiger partial charge is 0.493 e. The van der Waals surface area contributed by atoms with Gasteiger partial charge in [-0.2, -0.15) is 0 Å². The van der Waals surface area contributed by atoms with Crippen LogP contribution in [0.3, 0.4) is 0 Å². The maximum absolute atomic E-state index is 5.46. The van der Waals surface area contributed by atoms with Crippen LogP contribution in [0, 0.1) is 0 Å². The zero-order valence-electron chi connectivity index (χ0n) is 9.99. The highest BCUT2D eigenvalue weighted by atomic mass is 16.5. The molecule has 0 aliphatic rings. The summed E-state index contributed by atoms with van der Waals surface area (Å²) in [5.41, 5.74) is 6.62. The third kappa shape index (κ3) is 3.46. The quantitative estimate of drug-likeness (QED) is 0.608. The number of ether oxygens (including phenoxy) is 2. The Morgan fingerprint density at radius 1 is 1.25 bits per heavy atom. The number of aliphatic imine (C=N–C) groups is 1. The maximum Gasteiger partial charge on any atom is 0.160 e. The number of methoxy groups -OCH3 is 2. The van der Waals surface area contributed by atoms with E-state index in [-0.39, 0.29) is 0 Å². The van der Waals surface area contributed by atoms with Crippen LogP contribution in [0.4, 0.5) is 0 Å². The predicted molar refractivity (Wildman–Crippen MR) is 65.4 cm³/mol. The zero-order chi connectivity index (χ0) is 12.0. The smallest absolute Gasteiger partial charge is 0.160 e. The molecule has 0 aliphatic heterocycles. The number of nitrogens with zero attached hydrogens (tertiary/aromatic N) is 1. The third-order valence-electron chi connectivity index (χ3n) is 2.21.